The van der Waals surface area contributed by atoms with Crippen LogP contribution in [0.5, 0.6) is 5.75 Å². The maximum Gasteiger partial charge on any atom is 0.573 e. The summed E-state index contributed by atoms with van der Waals surface area (Å²) >= 11 is 0. The zero-order chi connectivity index (χ0) is 20.4. The van der Waals surface area contributed by atoms with Crippen LogP contribution in [0, 0.1) is 0 Å². The molecule has 1 aliphatic rings. The van der Waals surface area contributed by atoms with Gasteiger partial charge in [-0.1, -0.05) is 24.3 Å². The van der Waals surface area contributed by atoms with Crippen LogP contribution in [0.4, 0.5) is 18.9 Å². The molecular formula is C20H18F3N3O2S. The molecule has 4 rings (SSSR count). The molecule has 0 amide bonds. The van der Waals surface area contributed by atoms with Crippen LogP contribution in [-0.4, -0.2) is 44.9 Å². The Morgan fingerprint density at radius 1 is 0.966 bits per heavy atom. The molecule has 9 heteroatoms. The van der Waals surface area contributed by atoms with Gasteiger partial charge >= 0.3 is 6.36 Å². The van der Waals surface area contributed by atoms with Gasteiger partial charge in [0.25, 0.3) is 0 Å². The molecule has 5 nitrogen and oxygen atoms in total. The summed E-state index contributed by atoms with van der Waals surface area (Å²) < 4.78 is 54.9. The summed E-state index contributed by atoms with van der Waals surface area (Å²) in [4.78, 5) is 2.19. The molecule has 1 aromatic heterocycles. The van der Waals surface area contributed by atoms with E-state index in [4.69, 9.17) is 0 Å². The summed E-state index contributed by atoms with van der Waals surface area (Å²) in [5, 5.41) is 4.20. The first-order valence-electron chi connectivity index (χ1n) is 8.99. The van der Waals surface area contributed by atoms with Crippen LogP contribution in [0.3, 0.4) is 0 Å². The molecule has 29 heavy (non-hydrogen) atoms. The summed E-state index contributed by atoms with van der Waals surface area (Å²) in [7, 11) is -0.726. The first-order valence-corrected chi connectivity index (χ1v) is 10.5. The monoisotopic (exact) mass is 421 g/mol. The normalized spacial score (nSPS) is 15.5. The molecule has 0 bridgehead atoms. The van der Waals surface area contributed by atoms with Crippen molar-refractivity contribution in [3.05, 3.63) is 60.9 Å². The van der Waals surface area contributed by atoms with Crippen molar-refractivity contribution in [3.8, 4) is 22.6 Å². The molecule has 0 aliphatic carbocycles. The van der Waals surface area contributed by atoms with E-state index < -0.39 is 17.2 Å². The van der Waals surface area contributed by atoms with Gasteiger partial charge in [0.15, 0.2) is 5.75 Å². The number of alkyl halides is 3. The van der Waals surface area contributed by atoms with Gasteiger partial charge in [-0.05, 0) is 29.8 Å². The Kier molecular flexibility index (Phi) is 5.31. The van der Waals surface area contributed by atoms with Gasteiger partial charge in [-0.3, -0.25) is 4.21 Å². The number of aromatic nitrogens is 2. The topological polar surface area (TPSA) is 47.4 Å². The van der Waals surface area contributed by atoms with Crippen LogP contribution >= 0.6 is 0 Å². The van der Waals surface area contributed by atoms with Crippen molar-refractivity contribution < 1.29 is 22.1 Å². The Balaban J connectivity index is 1.55. The predicted octanol–water partition coefficient (Wildman–Crippen LogP) is 4.01. The second-order valence-electron chi connectivity index (χ2n) is 6.57. The number of anilines is 1. The first-order chi connectivity index (χ1) is 13.9. The van der Waals surface area contributed by atoms with Crippen molar-refractivity contribution in [2.45, 2.75) is 6.36 Å². The van der Waals surface area contributed by atoms with Crippen molar-refractivity contribution in [2.75, 3.05) is 29.5 Å². The van der Waals surface area contributed by atoms with E-state index in [1.165, 1.54) is 22.9 Å². The minimum atomic E-state index is -4.77. The highest BCUT2D eigenvalue weighted by Gasteiger charge is 2.32. The Morgan fingerprint density at radius 3 is 2.34 bits per heavy atom. The van der Waals surface area contributed by atoms with Crippen LogP contribution < -0.4 is 9.64 Å². The molecule has 2 heterocycles. The Morgan fingerprint density at radius 2 is 1.66 bits per heavy atom. The maximum absolute atomic E-state index is 12.6. The molecule has 1 aliphatic heterocycles. The lowest BCUT2D eigenvalue weighted by Crippen LogP contribution is -2.37. The highest BCUT2D eigenvalue weighted by molar-refractivity contribution is 7.85. The van der Waals surface area contributed by atoms with Crippen LogP contribution in [0.25, 0.3) is 16.8 Å². The SMILES string of the molecule is O=S1CCN(c2ccc(-c3cnn(-c4ccccc4OC(F)(F)F)c3)cc2)CC1. The van der Waals surface area contributed by atoms with Gasteiger partial charge in [0.1, 0.15) is 5.69 Å². The van der Waals surface area contributed by atoms with E-state index in [0.717, 1.165) is 29.9 Å². The lowest BCUT2D eigenvalue weighted by atomic mass is 10.1. The van der Waals surface area contributed by atoms with E-state index >= 15 is 0 Å². The summed E-state index contributed by atoms with van der Waals surface area (Å²) in [6, 6.07) is 13.7. The van der Waals surface area contributed by atoms with Gasteiger partial charge in [0, 0.05) is 52.8 Å². The van der Waals surface area contributed by atoms with Crippen molar-refractivity contribution in [1.82, 2.24) is 9.78 Å². The van der Waals surface area contributed by atoms with Crippen molar-refractivity contribution in [2.24, 2.45) is 0 Å². The summed E-state index contributed by atoms with van der Waals surface area (Å²) in [6.07, 6.45) is -1.51. The highest BCUT2D eigenvalue weighted by Crippen LogP contribution is 2.30. The van der Waals surface area contributed by atoms with Gasteiger partial charge in [-0.2, -0.15) is 5.10 Å². The Hall–Kier alpha value is -2.81. The van der Waals surface area contributed by atoms with Crippen molar-refractivity contribution in [1.29, 1.82) is 0 Å². The predicted molar refractivity (Wildman–Crippen MR) is 106 cm³/mol. The molecule has 0 atom stereocenters. The number of halogens is 3. The number of ether oxygens (including phenoxy) is 1. The molecule has 1 saturated heterocycles. The number of hydrogen-bond acceptors (Lipinski definition) is 4. The van der Waals surface area contributed by atoms with Crippen LogP contribution in [0.2, 0.25) is 0 Å². The third kappa shape index (κ3) is 4.61. The van der Waals surface area contributed by atoms with Crippen LogP contribution in [-0.2, 0) is 10.8 Å². The van der Waals surface area contributed by atoms with Crippen LogP contribution in [0.15, 0.2) is 60.9 Å². The highest BCUT2D eigenvalue weighted by atomic mass is 32.2. The molecule has 0 saturated carbocycles. The van der Waals surface area contributed by atoms with Crippen molar-refractivity contribution >= 4 is 16.5 Å². The number of benzene rings is 2. The second-order valence-corrected chi connectivity index (χ2v) is 8.27. The molecule has 1 fully saturated rings. The van der Waals surface area contributed by atoms with E-state index in [1.807, 2.05) is 24.3 Å². The van der Waals surface area contributed by atoms with Gasteiger partial charge in [0.2, 0.25) is 0 Å². The van der Waals surface area contributed by atoms with Gasteiger partial charge in [-0.15, -0.1) is 13.2 Å². The number of hydrogen-bond donors (Lipinski definition) is 0. The molecule has 0 N–H and O–H groups in total. The fourth-order valence-corrected chi connectivity index (χ4v) is 4.27. The summed E-state index contributed by atoms with van der Waals surface area (Å²) in [5.41, 5.74) is 2.93. The minimum Gasteiger partial charge on any atom is -0.403 e. The molecule has 2 aromatic carbocycles. The molecular weight excluding hydrogens is 403 g/mol. The van der Waals surface area contributed by atoms with E-state index in [1.54, 1.807) is 18.5 Å². The second kappa shape index (κ2) is 7.90. The average molecular weight is 421 g/mol. The number of nitrogens with zero attached hydrogens (tertiary/aromatic N) is 3. The van der Waals surface area contributed by atoms with Gasteiger partial charge < -0.3 is 9.64 Å². The fraction of sp³-hybridized carbons (Fsp3) is 0.250. The third-order valence-corrected chi connectivity index (χ3v) is 5.94. The standard InChI is InChI=1S/C20H18F3N3O2S/c21-20(22,23)28-19-4-2-1-3-18(19)26-14-16(13-24-26)15-5-7-17(8-6-15)25-9-11-29(27)12-10-25/h1-8,13-14H,9-12H2. The van der Waals surface area contributed by atoms with Crippen molar-refractivity contribution in [3.63, 3.8) is 0 Å². The molecule has 3 aromatic rings. The zero-order valence-electron chi connectivity index (χ0n) is 15.3. The molecule has 0 unspecified atom stereocenters. The smallest absolute Gasteiger partial charge is 0.403 e. The summed E-state index contributed by atoms with van der Waals surface area (Å²) in [6.45, 7) is 1.53. The van der Waals surface area contributed by atoms with Crippen LogP contribution in [0.1, 0.15) is 0 Å². The van der Waals surface area contributed by atoms with E-state index in [0.29, 0.717) is 11.5 Å². The summed E-state index contributed by atoms with van der Waals surface area (Å²) in [5.74, 6) is 1.04. The van der Waals surface area contributed by atoms with E-state index in [9.17, 15) is 17.4 Å². The zero-order valence-corrected chi connectivity index (χ0v) is 16.1. The third-order valence-electron chi connectivity index (χ3n) is 4.66. The van der Waals surface area contributed by atoms with Gasteiger partial charge in [-0.25, -0.2) is 4.68 Å². The van der Waals surface area contributed by atoms with E-state index in [-0.39, 0.29) is 11.4 Å². The largest absolute Gasteiger partial charge is 0.573 e. The average Bonchev–Trinajstić information content (AvgIpc) is 3.18. The Labute approximate surface area is 168 Å². The quantitative estimate of drug-likeness (QED) is 0.639. The lowest BCUT2D eigenvalue weighted by molar-refractivity contribution is -0.274. The molecule has 152 valence electrons. The lowest BCUT2D eigenvalue weighted by Gasteiger charge is -2.28. The maximum atomic E-state index is 12.6. The fourth-order valence-electron chi connectivity index (χ4n) is 3.22. The number of rotatable bonds is 4. The first kappa shape index (κ1) is 19.5. The minimum absolute atomic E-state index is 0.203. The van der Waals surface area contributed by atoms with E-state index in [2.05, 4.69) is 14.7 Å². The van der Waals surface area contributed by atoms with Gasteiger partial charge in [0.05, 0.1) is 6.20 Å². The Bertz CT molecular complexity index is 1010. The number of para-hydroxylation sites is 2. The molecule has 0 radical (unpaired) electrons. The molecule has 0 spiro atoms.